The SMILES string of the molecule is CNC(Cc1cc(C)cc(C)c1)C1CCCCC1(C)C. The van der Waals surface area contributed by atoms with Gasteiger partial charge < -0.3 is 5.32 Å². The van der Waals surface area contributed by atoms with Gasteiger partial charge in [-0.05, 0) is 57.1 Å². The highest BCUT2D eigenvalue weighted by atomic mass is 14.9. The van der Waals surface area contributed by atoms with Gasteiger partial charge in [0.05, 0.1) is 0 Å². The predicted molar refractivity (Wildman–Crippen MR) is 88.2 cm³/mol. The highest BCUT2D eigenvalue weighted by molar-refractivity contribution is 5.29. The lowest BCUT2D eigenvalue weighted by atomic mass is 9.65. The number of hydrogen-bond acceptors (Lipinski definition) is 1. The van der Waals surface area contributed by atoms with Crippen molar-refractivity contribution in [3.63, 3.8) is 0 Å². The maximum atomic E-state index is 3.61. The fraction of sp³-hybridized carbons (Fsp3) is 0.684. The van der Waals surface area contributed by atoms with Gasteiger partial charge >= 0.3 is 0 Å². The number of aryl methyl sites for hydroxylation is 2. The van der Waals surface area contributed by atoms with Gasteiger partial charge in [0.2, 0.25) is 0 Å². The molecule has 0 aliphatic heterocycles. The van der Waals surface area contributed by atoms with Gasteiger partial charge in [0, 0.05) is 6.04 Å². The number of rotatable bonds is 4. The fourth-order valence-corrected chi connectivity index (χ4v) is 4.15. The van der Waals surface area contributed by atoms with Gasteiger partial charge in [0.1, 0.15) is 0 Å². The van der Waals surface area contributed by atoms with Crippen LogP contribution < -0.4 is 5.32 Å². The zero-order valence-corrected chi connectivity index (χ0v) is 13.9. The maximum absolute atomic E-state index is 3.61. The Morgan fingerprint density at radius 3 is 2.35 bits per heavy atom. The Hall–Kier alpha value is -0.820. The second-order valence-corrected chi connectivity index (χ2v) is 7.44. The fourth-order valence-electron chi connectivity index (χ4n) is 4.15. The monoisotopic (exact) mass is 273 g/mol. The van der Waals surface area contributed by atoms with Crippen molar-refractivity contribution in [3.8, 4) is 0 Å². The molecular formula is C19H31N. The van der Waals surface area contributed by atoms with E-state index in [0.29, 0.717) is 11.5 Å². The second-order valence-electron chi connectivity index (χ2n) is 7.44. The first-order chi connectivity index (χ1) is 9.42. The molecule has 112 valence electrons. The molecule has 1 aliphatic carbocycles. The van der Waals surface area contributed by atoms with Crippen molar-refractivity contribution in [1.82, 2.24) is 5.32 Å². The Kier molecular flexibility index (Phi) is 4.90. The highest BCUT2D eigenvalue weighted by Gasteiger charge is 2.36. The third-order valence-corrected chi connectivity index (χ3v) is 5.18. The molecule has 1 aromatic rings. The summed E-state index contributed by atoms with van der Waals surface area (Å²) in [5.41, 5.74) is 4.74. The van der Waals surface area contributed by atoms with Crippen LogP contribution in [0.1, 0.15) is 56.2 Å². The number of benzene rings is 1. The van der Waals surface area contributed by atoms with Crippen molar-refractivity contribution in [2.24, 2.45) is 11.3 Å². The van der Waals surface area contributed by atoms with E-state index in [1.807, 2.05) is 0 Å². The molecule has 1 aliphatic rings. The standard InChI is InChI=1S/C19H31N/c1-14-10-15(2)12-16(11-14)13-18(20-5)17-8-6-7-9-19(17,3)4/h10-12,17-18,20H,6-9,13H2,1-5H3. The molecular weight excluding hydrogens is 242 g/mol. The molecule has 0 heterocycles. The summed E-state index contributed by atoms with van der Waals surface area (Å²) in [6, 6.07) is 7.58. The molecule has 2 rings (SSSR count). The van der Waals surface area contributed by atoms with Gasteiger partial charge in [0.15, 0.2) is 0 Å². The first-order valence-electron chi connectivity index (χ1n) is 8.17. The van der Waals surface area contributed by atoms with Gasteiger partial charge in [0.25, 0.3) is 0 Å². The van der Waals surface area contributed by atoms with E-state index in [-0.39, 0.29) is 0 Å². The molecule has 1 nitrogen and oxygen atoms in total. The van der Waals surface area contributed by atoms with Crippen molar-refractivity contribution < 1.29 is 0 Å². The average molecular weight is 273 g/mol. The molecule has 2 atom stereocenters. The second kappa shape index (κ2) is 6.30. The third kappa shape index (κ3) is 3.63. The quantitative estimate of drug-likeness (QED) is 0.842. The Morgan fingerprint density at radius 2 is 1.80 bits per heavy atom. The minimum atomic E-state index is 0.477. The molecule has 0 amide bonds. The lowest BCUT2D eigenvalue weighted by Gasteiger charge is -2.43. The molecule has 1 aromatic carbocycles. The van der Waals surface area contributed by atoms with Gasteiger partial charge in [-0.3, -0.25) is 0 Å². The minimum Gasteiger partial charge on any atom is -0.316 e. The van der Waals surface area contributed by atoms with Crippen molar-refractivity contribution in [2.75, 3.05) is 7.05 Å². The molecule has 20 heavy (non-hydrogen) atoms. The molecule has 0 bridgehead atoms. The summed E-state index contributed by atoms with van der Waals surface area (Å²) in [7, 11) is 2.14. The zero-order valence-electron chi connectivity index (χ0n) is 13.9. The van der Waals surface area contributed by atoms with E-state index in [1.54, 1.807) is 0 Å². The molecule has 1 saturated carbocycles. The van der Waals surface area contributed by atoms with Crippen LogP contribution in [0.2, 0.25) is 0 Å². The Balaban J connectivity index is 2.15. The highest BCUT2D eigenvalue weighted by Crippen LogP contribution is 2.42. The van der Waals surface area contributed by atoms with Gasteiger partial charge in [-0.15, -0.1) is 0 Å². The van der Waals surface area contributed by atoms with Crippen LogP contribution >= 0.6 is 0 Å². The Labute approximate surface area is 125 Å². The Bertz CT molecular complexity index is 427. The van der Waals surface area contributed by atoms with E-state index in [2.05, 4.69) is 58.3 Å². The Morgan fingerprint density at radius 1 is 1.15 bits per heavy atom. The maximum Gasteiger partial charge on any atom is 0.0138 e. The molecule has 1 fully saturated rings. The summed E-state index contributed by atoms with van der Waals surface area (Å²) >= 11 is 0. The molecule has 0 aromatic heterocycles. The van der Waals surface area contributed by atoms with E-state index in [9.17, 15) is 0 Å². The number of likely N-dealkylation sites (N-methyl/N-ethyl adjacent to an activating group) is 1. The largest absolute Gasteiger partial charge is 0.316 e. The van der Waals surface area contributed by atoms with Crippen LogP contribution in [0.15, 0.2) is 18.2 Å². The normalized spacial score (nSPS) is 23.6. The third-order valence-electron chi connectivity index (χ3n) is 5.18. The minimum absolute atomic E-state index is 0.477. The lowest BCUT2D eigenvalue weighted by molar-refractivity contribution is 0.101. The number of nitrogens with one attached hydrogen (secondary N) is 1. The van der Waals surface area contributed by atoms with Crippen LogP contribution in [-0.2, 0) is 6.42 Å². The first kappa shape index (κ1) is 15.6. The molecule has 0 saturated heterocycles. The van der Waals surface area contributed by atoms with Gasteiger partial charge in [-0.25, -0.2) is 0 Å². The van der Waals surface area contributed by atoms with Crippen LogP contribution in [0.5, 0.6) is 0 Å². The molecule has 2 unspecified atom stereocenters. The van der Waals surface area contributed by atoms with E-state index in [1.165, 1.54) is 42.4 Å². The summed E-state index contributed by atoms with van der Waals surface area (Å²) < 4.78 is 0. The average Bonchev–Trinajstić information content (AvgIpc) is 2.35. The predicted octanol–water partition coefficient (Wildman–Crippen LogP) is 4.65. The van der Waals surface area contributed by atoms with Crippen LogP contribution in [0, 0.1) is 25.2 Å². The zero-order chi connectivity index (χ0) is 14.8. The van der Waals surface area contributed by atoms with Gasteiger partial charge in [-0.1, -0.05) is 56.0 Å². The first-order valence-corrected chi connectivity index (χ1v) is 8.17. The van der Waals surface area contributed by atoms with E-state index < -0.39 is 0 Å². The van der Waals surface area contributed by atoms with E-state index in [4.69, 9.17) is 0 Å². The van der Waals surface area contributed by atoms with Crippen LogP contribution in [0.4, 0.5) is 0 Å². The van der Waals surface area contributed by atoms with Crippen molar-refractivity contribution in [2.45, 2.75) is 65.8 Å². The van der Waals surface area contributed by atoms with Crippen molar-refractivity contribution >= 4 is 0 Å². The summed E-state index contributed by atoms with van der Waals surface area (Å²) in [6.45, 7) is 9.33. The molecule has 1 N–H and O–H groups in total. The van der Waals surface area contributed by atoms with Crippen LogP contribution in [0.3, 0.4) is 0 Å². The van der Waals surface area contributed by atoms with Crippen LogP contribution in [0.25, 0.3) is 0 Å². The smallest absolute Gasteiger partial charge is 0.0138 e. The molecule has 0 radical (unpaired) electrons. The number of hydrogen-bond donors (Lipinski definition) is 1. The summed E-state index contributed by atoms with van der Waals surface area (Å²) in [4.78, 5) is 0. The van der Waals surface area contributed by atoms with Gasteiger partial charge in [-0.2, -0.15) is 0 Å². The molecule has 0 spiro atoms. The van der Waals surface area contributed by atoms with E-state index >= 15 is 0 Å². The lowest BCUT2D eigenvalue weighted by Crippen LogP contribution is -2.44. The van der Waals surface area contributed by atoms with Crippen molar-refractivity contribution in [1.29, 1.82) is 0 Å². The van der Waals surface area contributed by atoms with Crippen LogP contribution in [-0.4, -0.2) is 13.1 Å². The molecule has 1 heteroatoms. The summed E-state index contributed by atoms with van der Waals surface area (Å²) in [6.07, 6.45) is 6.72. The summed E-state index contributed by atoms with van der Waals surface area (Å²) in [5, 5.41) is 3.61. The van der Waals surface area contributed by atoms with Crippen molar-refractivity contribution in [3.05, 3.63) is 34.9 Å². The topological polar surface area (TPSA) is 12.0 Å². The summed E-state index contributed by atoms with van der Waals surface area (Å²) in [5.74, 6) is 0.794. The van der Waals surface area contributed by atoms with E-state index in [0.717, 1.165) is 12.3 Å².